The van der Waals surface area contributed by atoms with Crippen LogP contribution < -0.4 is 11.1 Å². The number of hydrogen-bond acceptors (Lipinski definition) is 10. The van der Waals surface area contributed by atoms with Crippen LogP contribution in [0.15, 0.2) is 34.5 Å². The molecule has 0 spiro atoms. The number of thiazole rings is 1. The number of nitrogens with one attached hydrogen (secondary N) is 1. The average Bonchev–Trinajstić information content (AvgIpc) is 3.20. The molecule has 12 nitrogen and oxygen atoms in total. The topological polar surface area (TPSA) is 185 Å². The van der Waals surface area contributed by atoms with Gasteiger partial charge in [0.1, 0.15) is 22.8 Å². The molecule has 0 saturated carbocycles. The number of aromatic nitrogens is 1. The van der Waals surface area contributed by atoms with Crippen molar-refractivity contribution in [2.45, 2.75) is 11.4 Å². The molecule has 16 heteroatoms. The van der Waals surface area contributed by atoms with E-state index in [-0.39, 0.29) is 22.2 Å². The minimum absolute atomic E-state index is 0.0420. The zero-order chi connectivity index (χ0) is 24.0. The third kappa shape index (κ3) is 5.70. The zero-order valence-electron chi connectivity index (χ0n) is 15.9. The van der Waals surface area contributed by atoms with Gasteiger partial charge in [-0.05, 0) is 5.57 Å². The molecular weight excluding hydrogens is 692 g/mol. The van der Waals surface area contributed by atoms with Crippen LogP contribution >= 0.6 is 60.3 Å². The summed E-state index contributed by atoms with van der Waals surface area (Å²) in [7, 11) is 0. The van der Waals surface area contributed by atoms with Crippen molar-refractivity contribution in [1.29, 1.82) is 0 Å². The van der Waals surface area contributed by atoms with Crippen LogP contribution in [-0.2, 0) is 24.0 Å². The number of nitrogen functional groups attached to an aromatic ring is 1. The van der Waals surface area contributed by atoms with Crippen LogP contribution in [0, 0.1) is 0 Å². The normalized spacial score (nSPS) is 19.8. The molecule has 0 radical (unpaired) electrons. The number of fused-ring (bicyclic) bond motifs is 1. The summed E-state index contributed by atoms with van der Waals surface area (Å²) in [6.07, 6.45) is 1.38. The summed E-state index contributed by atoms with van der Waals surface area (Å²) < 4.78 is 0. The van der Waals surface area contributed by atoms with Gasteiger partial charge < -0.3 is 26.1 Å². The van der Waals surface area contributed by atoms with Crippen molar-refractivity contribution in [2.24, 2.45) is 5.16 Å². The van der Waals surface area contributed by atoms with Crippen LogP contribution in [-0.4, -0.2) is 73.3 Å². The highest BCUT2D eigenvalue weighted by Crippen LogP contribution is 2.40. The maximum absolute atomic E-state index is 12.7. The maximum atomic E-state index is 12.7. The van der Waals surface area contributed by atoms with Crippen LogP contribution in [0.4, 0.5) is 5.13 Å². The molecule has 3 heterocycles. The molecule has 2 unspecified atom stereocenters. The van der Waals surface area contributed by atoms with E-state index in [9.17, 15) is 24.3 Å². The van der Waals surface area contributed by atoms with E-state index >= 15 is 0 Å². The molecule has 172 valence electrons. The SMILES string of the molecule is C=CC1=C(C(=O)O)N2C(=O)C(NC(=O)/C(=N\OCC(=O)O)c3csc(N)n3)C2SC1.II. The molecule has 0 aromatic carbocycles. The Morgan fingerprint density at radius 3 is 2.66 bits per heavy atom. The van der Waals surface area contributed by atoms with Crippen LogP contribution in [0.3, 0.4) is 0 Å². The molecule has 2 atom stereocenters. The number of carbonyl (C=O) groups is 4. The van der Waals surface area contributed by atoms with E-state index in [1.54, 1.807) is 0 Å². The lowest BCUT2D eigenvalue weighted by atomic mass is 10.0. The second kappa shape index (κ2) is 11.8. The van der Waals surface area contributed by atoms with E-state index in [1.807, 2.05) is 0 Å². The Morgan fingerprint density at radius 1 is 1.44 bits per heavy atom. The minimum atomic E-state index is -1.30. The Labute approximate surface area is 212 Å². The van der Waals surface area contributed by atoms with Crippen molar-refractivity contribution in [1.82, 2.24) is 15.2 Å². The lowest BCUT2D eigenvalue weighted by Crippen LogP contribution is -2.71. The molecule has 2 aliphatic rings. The minimum Gasteiger partial charge on any atom is -0.479 e. The number of carboxylic acid groups (broad SMARTS) is 2. The molecule has 1 aromatic heterocycles. The highest BCUT2D eigenvalue weighted by molar-refractivity contribution is 15.0. The monoisotopic (exact) mass is 707 g/mol. The molecule has 1 saturated heterocycles. The largest absolute Gasteiger partial charge is 0.479 e. The number of carbonyl (C=O) groups excluding carboxylic acids is 2. The zero-order valence-corrected chi connectivity index (χ0v) is 21.8. The van der Waals surface area contributed by atoms with E-state index < -0.39 is 41.8 Å². The van der Waals surface area contributed by atoms with Gasteiger partial charge in [0.15, 0.2) is 10.8 Å². The number of carboxylic acids is 2. The maximum Gasteiger partial charge on any atom is 0.352 e. The highest BCUT2D eigenvalue weighted by atomic mass is 128. The molecule has 2 aliphatic heterocycles. The predicted octanol–water partition coefficient (Wildman–Crippen LogP) is 1.23. The summed E-state index contributed by atoms with van der Waals surface area (Å²) in [5.74, 6) is -3.72. The van der Waals surface area contributed by atoms with E-state index in [4.69, 9.17) is 10.8 Å². The van der Waals surface area contributed by atoms with Gasteiger partial charge in [0.05, 0.1) is 0 Å². The van der Waals surface area contributed by atoms with Crippen molar-refractivity contribution >= 4 is 94.9 Å². The number of nitrogens with two attached hydrogens (primary N) is 1. The summed E-state index contributed by atoms with van der Waals surface area (Å²) in [6, 6.07) is -1.01. The van der Waals surface area contributed by atoms with Gasteiger partial charge >= 0.3 is 11.9 Å². The third-order valence-corrected chi connectivity index (χ3v) is 6.03. The number of β-lactam (4-membered cyclic amide) rings is 1. The van der Waals surface area contributed by atoms with Gasteiger partial charge in [0.2, 0.25) is 6.61 Å². The van der Waals surface area contributed by atoms with Crippen LogP contribution in [0.2, 0.25) is 0 Å². The highest BCUT2D eigenvalue weighted by Gasteiger charge is 2.54. The van der Waals surface area contributed by atoms with Crippen molar-refractivity contribution in [3.63, 3.8) is 0 Å². The second-order valence-corrected chi connectivity index (χ2v) is 7.92. The fourth-order valence-corrected chi connectivity index (χ4v) is 4.65. The Balaban J connectivity index is 0.00000176. The number of halogens is 2. The Morgan fingerprint density at radius 2 is 2.12 bits per heavy atom. The number of hydrogen-bond donors (Lipinski definition) is 4. The van der Waals surface area contributed by atoms with E-state index in [2.05, 4.69) is 64.1 Å². The standard InChI is InChI=1S/C16H15N5O7S2.I2/c1-2-6-4-29-14-10(13(25)21(14)11(6)15(26)27)19-12(24)9(20-28-3-8(22)23)7-5-30-16(17)18-7;1-2/h2,5,10,14H,1,3-4H2,(H2,17,18)(H,19,24)(H,22,23)(H,26,27);/b20-9-;. The van der Waals surface area contributed by atoms with Gasteiger partial charge in [-0.2, -0.15) is 0 Å². The van der Waals surface area contributed by atoms with Gasteiger partial charge in [-0.1, -0.05) is 17.8 Å². The Kier molecular flexibility index (Phi) is 9.70. The van der Waals surface area contributed by atoms with Gasteiger partial charge in [-0.3, -0.25) is 14.5 Å². The Hall–Kier alpha value is -1.93. The van der Waals surface area contributed by atoms with Gasteiger partial charge in [-0.15, -0.1) is 23.1 Å². The number of amides is 2. The molecule has 1 aromatic rings. The summed E-state index contributed by atoms with van der Waals surface area (Å²) >= 11 is 6.54. The first-order valence-electron chi connectivity index (χ1n) is 8.36. The van der Waals surface area contributed by atoms with Crippen LogP contribution in [0.25, 0.3) is 0 Å². The molecule has 1 fully saturated rings. The second-order valence-electron chi connectivity index (χ2n) is 5.92. The van der Waals surface area contributed by atoms with E-state index in [0.29, 0.717) is 11.3 Å². The first kappa shape index (κ1) is 26.3. The van der Waals surface area contributed by atoms with E-state index in [1.165, 1.54) is 23.2 Å². The number of aliphatic carboxylic acids is 2. The number of allylic oxidation sites excluding steroid dienone is 1. The van der Waals surface area contributed by atoms with E-state index in [0.717, 1.165) is 16.2 Å². The number of rotatable bonds is 8. The molecule has 5 N–H and O–H groups in total. The first-order valence-corrected chi connectivity index (χ1v) is 16.6. The lowest BCUT2D eigenvalue weighted by Gasteiger charge is -2.49. The number of thioether (sulfide) groups is 1. The number of nitrogens with zero attached hydrogens (tertiary/aromatic N) is 3. The summed E-state index contributed by atoms with van der Waals surface area (Å²) in [5.41, 5.74) is 5.48. The predicted molar refractivity (Wildman–Crippen MR) is 135 cm³/mol. The first-order chi connectivity index (χ1) is 15.2. The van der Waals surface area contributed by atoms with Gasteiger partial charge in [0.25, 0.3) is 11.8 Å². The third-order valence-electron chi connectivity index (χ3n) is 4.06. The quantitative estimate of drug-likeness (QED) is 0.133. The van der Waals surface area contributed by atoms with Crippen molar-refractivity contribution in [2.75, 3.05) is 18.1 Å². The van der Waals surface area contributed by atoms with Crippen molar-refractivity contribution in [3.05, 3.63) is 35.0 Å². The molecular formula is C16H15I2N5O7S2. The number of anilines is 1. The van der Waals surface area contributed by atoms with Gasteiger partial charge in [-0.25, -0.2) is 14.6 Å². The van der Waals surface area contributed by atoms with Crippen LogP contribution in [0.5, 0.6) is 0 Å². The average molecular weight is 707 g/mol. The number of oxime groups is 1. The summed E-state index contributed by atoms with van der Waals surface area (Å²) in [4.78, 5) is 57.1. The molecule has 2 amide bonds. The Bertz CT molecular complexity index is 1010. The van der Waals surface area contributed by atoms with Crippen molar-refractivity contribution < 1.29 is 34.2 Å². The smallest absolute Gasteiger partial charge is 0.352 e. The fourth-order valence-electron chi connectivity index (χ4n) is 2.76. The molecule has 0 bridgehead atoms. The molecule has 3 rings (SSSR count). The van der Waals surface area contributed by atoms with Crippen LogP contribution in [0.1, 0.15) is 5.69 Å². The van der Waals surface area contributed by atoms with Gasteiger partial charge in [0, 0.05) is 48.4 Å². The summed E-state index contributed by atoms with van der Waals surface area (Å²) in [6.45, 7) is 2.77. The molecule has 0 aliphatic carbocycles. The molecule has 32 heavy (non-hydrogen) atoms. The summed E-state index contributed by atoms with van der Waals surface area (Å²) in [5, 5.41) is 25.0. The van der Waals surface area contributed by atoms with Crippen molar-refractivity contribution in [3.8, 4) is 0 Å². The fraction of sp³-hybridized carbons (Fsp3) is 0.250. The lowest BCUT2D eigenvalue weighted by molar-refractivity contribution is -0.150.